The minimum Gasteiger partial charge on any atom is -0.326 e. The molecular formula is C12H16N4S. The smallest absolute Gasteiger partial charge is 0.195 e. The van der Waals surface area contributed by atoms with Crippen molar-refractivity contribution >= 4 is 11.8 Å². The highest BCUT2D eigenvalue weighted by Crippen LogP contribution is 2.29. The summed E-state index contributed by atoms with van der Waals surface area (Å²) in [5.41, 5.74) is 8.13. The molecule has 0 amide bonds. The lowest BCUT2D eigenvalue weighted by Gasteiger charge is -2.07. The molecule has 0 atom stereocenters. The SMILES string of the molecule is Cc1ccc(Sc2nnc(C)n2C)c(CN)c1. The second-order valence-corrected chi connectivity index (χ2v) is 5.02. The summed E-state index contributed by atoms with van der Waals surface area (Å²) in [6.45, 7) is 4.55. The largest absolute Gasteiger partial charge is 0.326 e. The van der Waals surface area contributed by atoms with Crippen LogP contribution in [0.3, 0.4) is 0 Å². The summed E-state index contributed by atoms with van der Waals surface area (Å²) in [6.07, 6.45) is 0. The molecule has 5 heteroatoms. The van der Waals surface area contributed by atoms with Crippen LogP contribution in [-0.4, -0.2) is 14.8 Å². The molecular weight excluding hydrogens is 232 g/mol. The zero-order chi connectivity index (χ0) is 12.4. The maximum atomic E-state index is 5.76. The van der Waals surface area contributed by atoms with Crippen LogP contribution in [-0.2, 0) is 13.6 Å². The fraction of sp³-hybridized carbons (Fsp3) is 0.333. The zero-order valence-electron chi connectivity index (χ0n) is 10.3. The van der Waals surface area contributed by atoms with Crippen molar-refractivity contribution in [1.29, 1.82) is 0 Å². The van der Waals surface area contributed by atoms with Crippen LogP contribution in [0.1, 0.15) is 17.0 Å². The highest BCUT2D eigenvalue weighted by molar-refractivity contribution is 7.99. The number of benzene rings is 1. The predicted molar refractivity (Wildman–Crippen MR) is 68.9 cm³/mol. The van der Waals surface area contributed by atoms with Crippen LogP contribution >= 0.6 is 11.8 Å². The molecule has 0 spiro atoms. The van der Waals surface area contributed by atoms with Crippen LogP contribution in [0.5, 0.6) is 0 Å². The summed E-state index contributed by atoms with van der Waals surface area (Å²) in [4.78, 5) is 1.15. The van der Waals surface area contributed by atoms with Crippen molar-refractivity contribution in [1.82, 2.24) is 14.8 Å². The lowest BCUT2D eigenvalue weighted by molar-refractivity contribution is 0.765. The number of nitrogens with zero attached hydrogens (tertiary/aromatic N) is 3. The summed E-state index contributed by atoms with van der Waals surface area (Å²) >= 11 is 1.60. The van der Waals surface area contributed by atoms with Crippen molar-refractivity contribution in [3.05, 3.63) is 35.2 Å². The molecule has 0 aliphatic heterocycles. The van der Waals surface area contributed by atoms with E-state index >= 15 is 0 Å². The Bertz CT molecular complexity index is 533. The Balaban J connectivity index is 2.33. The van der Waals surface area contributed by atoms with Crippen LogP contribution in [0.2, 0.25) is 0 Å². The topological polar surface area (TPSA) is 56.7 Å². The number of aryl methyl sites for hydroxylation is 2. The molecule has 1 aromatic heterocycles. The summed E-state index contributed by atoms with van der Waals surface area (Å²) in [5, 5.41) is 9.08. The Morgan fingerprint density at radius 1 is 1.29 bits per heavy atom. The molecule has 0 aliphatic carbocycles. The molecule has 2 N–H and O–H groups in total. The minimum atomic E-state index is 0.543. The molecule has 1 aromatic carbocycles. The lowest BCUT2D eigenvalue weighted by Crippen LogP contribution is -2.00. The highest BCUT2D eigenvalue weighted by Gasteiger charge is 2.09. The molecule has 17 heavy (non-hydrogen) atoms. The van der Waals surface area contributed by atoms with Gasteiger partial charge in [-0.3, -0.25) is 0 Å². The Morgan fingerprint density at radius 2 is 2.06 bits per heavy atom. The first-order valence-corrected chi connectivity index (χ1v) is 6.27. The van der Waals surface area contributed by atoms with Gasteiger partial charge in [-0.05, 0) is 37.2 Å². The number of nitrogens with two attached hydrogens (primary N) is 1. The van der Waals surface area contributed by atoms with Crippen molar-refractivity contribution in [2.45, 2.75) is 30.4 Å². The third-order valence-electron chi connectivity index (χ3n) is 2.69. The quantitative estimate of drug-likeness (QED) is 0.903. The van der Waals surface area contributed by atoms with E-state index in [1.807, 2.05) is 18.5 Å². The van der Waals surface area contributed by atoms with Gasteiger partial charge in [-0.25, -0.2) is 0 Å². The van der Waals surface area contributed by atoms with Gasteiger partial charge in [0.1, 0.15) is 5.82 Å². The average Bonchev–Trinajstić information content (AvgIpc) is 2.63. The monoisotopic (exact) mass is 248 g/mol. The van der Waals surface area contributed by atoms with E-state index in [1.165, 1.54) is 5.56 Å². The van der Waals surface area contributed by atoms with Gasteiger partial charge < -0.3 is 10.3 Å². The second-order valence-electron chi connectivity index (χ2n) is 4.01. The fourth-order valence-corrected chi connectivity index (χ4v) is 2.50. The first-order valence-electron chi connectivity index (χ1n) is 5.45. The standard InChI is InChI=1S/C12H16N4S/c1-8-4-5-11(10(6-8)7-13)17-12-15-14-9(2)16(12)3/h4-6H,7,13H2,1-3H3. The summed E-state index contributed by atoms with van der Waals surface area (Å²) in [6, 6.07) is 6.29. The molecule has 0 fully saturated rings. The third kappa shape index (κ3) is 2.50. The first-order chi connectivity index (χ1) is 8.11. The summed E-state index contributed by atoms with van der Waals surface area (Å²) < 4.78 is 1.98. The van der Waals surface area contributed by atoms with E-state index in [0.717, 1.165) is 21.4 Å². The van der Waals surface area contributed by atoms with E-state index in [0.29, 0.717) is 6.54 Å². The van der Waals surface area contributed by atoms with Gasteiger partial charge in [0, 0.05) is 18.5 Å². The van der Waals surface area contributed by atoms with Crippen molar-refractivity contribution < 1.29 is 0 Å². The fourth-order valence-electron chi connectivity index (χ4n) is 1.54. The molecule has 0 unspecified atom stereocenters. The van der Waals surface area contributed by atoms with Gasteiger partial charge in [0.15, 0.2) is 5.16 Å². The summed E-state index contributed by atoms with van der Waals surface area (Å²) in [7, 11) is 1.97. The van der Waals surface area contributed by atoms with Gasteiger partial charge in [-0.15, -0.1) is 10.2 Å². The average molecular weight is 248 g/mol. The maximum absolute atomic E-state index is 5.76. The Hall–Kier alpha value is -1.33. The Labute approximate surface area is 105 Å². The van der Waals surface area contributed by atoms with Crippen LogP contribution in [0, 0.1) is 13.8 Å². The number of hydrogen-bond acceptors (Lipinski definition) is 4. The van der Waals surface area contributed by atoms with Crippen LogP contribution < -0.4 is 5.73 Å². The molecule has 0 bridgehead atoms. The van der Waals surface area contributed by atoms with Crippen LogP contribution in [0.15, 0.2) is 28.3 Å². The molecule has 1 heterocycles. The van der Waals surface area contributed by atoms with Crippen LogP contribution in [0.4, 0.5) is 0 Å². The Kier molecular flexibility index (Phi) is 3.49. The normalized spacial score (nSPS) is 10.8. The maximum Gasteiger partial charge on any atom is 0.195 e. The van der Waals surface area contributed by atoms with Gasteiger partial charge in [0.2, 0.25) is 0 Å². The lowest BCUT2D eigenvalue weighted by atomic mass is 10.1. The van der Waals surface area contributed by atoms with Crippen LogP contribution in [0.25, 0.3) is 0 Å². The van der Waals surface area contributed by atoms with Crippen molar-refractivity contribution in [2.75, 3.05) is 0 Å². The van der Waals surface area contributed by atoms with Crippen molar-refractivity contribution in [3.63, 3.8) is 0 Å². The molecule has 0 saturated carbocycles. The number of aromatic nitrogens is 3. The van der Waals surface area contributed by atoms with Crippen molar-refractivity contribution in [2.24, 2.45) is 12.8 Å². The highest BCUT2D eigenvalue weighted by atomic mass is 32.2. The van der Waals surface area contributed by atoms with E-state index in [2.05, 4.69) is 35.3 Å². The molecule has 0 aliphatic rings. The van der Waals surface area contributed by atoms with Gasteiger partial charge in [0.25, 0.3) is 0 Å². The van der Waals surface area contributed by atoms with E-state index in [4.69, 9.17) is 5.73 Å². The second kappa shape index (κ2) is 4.89. The minimum absolute atomic E-state index is 0.543. The van der Waals surface area contributed by atoms with Gasteiger partial charge >= 0.3 is 0 Å². The van der Waals surface area contributed by atoms with Gasteiger partial charge in [-0.2, -0.15) is 0 Å². The molecule has 0 saturated heterocycles. The molecule has 90 valence electrons. The van der Waals surface area contributed by atoms with Gasteiger partial charge in [0.05, 0.1) is 0 Å². The molecule has 4 nitrogen and oxygen atoms in total. The first kappa shape index (κ1) is 12.1. The molecule has 2 rings (SSSR count). The van der Waals surface area contributed by atoms with E-state index < -0.39 is 0 Å². The number of rotatable bonds is 3. The third-order valence-corrected chi connectivity index (χ3v) is 3.85. The Morgan fingerprint density at radius 3 is 2.65 bits per heavy atom. The zero-order valence-corrected chi connectivity index (χ0v) is 11.1. The van der Waals surface area contributed by atoms with E-state index in [1.54, 1.807) is 11.8 Å². The summed E-state index contributed by atoms with van der Waals surface area (Å²) in [5.74, 6) is 0.911. The molecule has 0 radical (unpaired) electrons. The number of hydrogen-bond donors (Lipinski definition) is 1. The van der Waals surface area contributed by atoms with Gasteiger partial charge in [-0.1, -0.05) is 17.7 Å². The van der Waals surface area contributed by atoms with Crippen molar-refractivity contribution in [3.8, 4) is 0 Å². The molecule has 2 aromatic rings. The van der Waals surface area contributed by atoms with E-state index in [-0.39, 0.29) is 0 Å². The predicted octanol–water partition coefficient (Wildman–Crippen LogP) is 2.04. The van der Waals surface area contributed by atoms with E-state index in [9.17, 15) is 0 Å².